The van der Waals surface area contributed by atoms with E-state index in [1.165, 1.54) is 37.3 Å². The second kappa shape index (κ2) is 12.6. The molecule has 0 spiro atoms. The smallest absolute Gasteiger partial charge is 0.304 e. The molecule has 1 aromatic carbocycles. The van der Waals surface area contributed by atoms with Crippen LogP contribution in [-0.4, -0.2) is 26.7 Å². The molecular formula is C28H44O4Si. The monoisotopic (exact) mass is 472 g/mol. The fourth-order valence-electron chi connectivity index (χ4n) is 3.90. The minimum atomic E-state index is -2.04. The van der Waals surface area contributed by atoms with Gasteiger partial charge in [-0.25, -0.2) is 0 Å². The van der Waals surface area contributed by atoms with Crippen LogP contribution in [0.15, 0.2) is 54.3 Å². The first-order valence-electron chi connectivity index (χ1n) is 12.4. The summed E-state index contributed by atoms with van der Waals surface area (Å²) < 4.78 is 18.9. The molecule has 1 aliphatic carbocycles. The summed E-state index contributed by atoms with van der Waals surface area (Å²) in [5.74, 6) is 0.655. The summed E-state index contributed by atoms with van der Waals surface area (Å²) in [6, 6.07) is 10.3. The van der Waals surface area contributed by atoms with Crippen LogP contribution >= 0.6 is 0 Å². The van der Waals surface area contributed by atoms with E-state index >= 15 is 0 Å². The maximum absolute atomic E-state index is 12.0. The van der Waals surface area contributed by atoms with E-state index in [2.05, 4.69) is 52.6 Å². The van der Waals surface area contributed by atoms with Gasteiger partial charge in [-0.1, -0.05) is 63.6 Å². The Labute approximate surface area is 202 Å². The zero-order valence-corrected chi connectivity index (χ0v) is 22.6. The number of hydrogen-bond acceptors (Lipinski definition) is 4. The first kappa shape index (κ1) is 27.4. The molecule has 1 unspecified atom stereocenters. The van der Waals surface area contributed by atoms with Gasteiger partial charge in [0, 0.05) is 6.92 Å². The van der Waals surface area contributed by atoms with Crippen LogP contribution in [-0.2, 0) is 25.1 Å². The standard InChI is InChI=1S/C28H44O4Si/c1-8-15-25(20-23-16-11-9-12-17-23)31-27(30-22(2)29)21-26(24-18-13-10-14-19-24)32-33(6,7)28(3,4)5/h8-9,11-12,16-17,25,27H,1,10,13-15,18-21H2,2-7H3/t25-,27?/m0/s1. The zero-order chi connectivity index (χ0) is 24.5. The van der Waals surface area contributed by atoms with E-state index in [-0.39, 0.29) is 17.1 Å². The van der Waals surface area contributed by atoms with Gasteiger partial charge in [0.1, 0.15) is 0 Å². The molecule has 0 N–H and O–H groups in total. The molecule has 0 aliphatic heterocycles. The van der Waals surface area contributed by atoms with E-state index < -0.39 is 14.6 Å². The zero-order valence-electron chi connectivity index (χ0n) is 21.6. The largest absolute Gasteiger partial charge is 0.546 e. The lowest BCUT2D eigenvalue weighted by molar-refractivity contribution is -0.187. The molecule has 5 heteroatoms. The third kappa shape index (κ3) is 9.13. The van der Waals surface area contributed by atoms with E-state index in [0.29, 0.717) is 12.8 Å². The summed E-state index contributed by atoms with van der Waals surface area (Å²) in [6.45, 7) is 16.6. The fraction of sp³-hybridized carbons (Fsp3) is 0.607. The Morgan fingerprint density at radius 1 is 1.12 bits per heavy atom. The molecule has 1 fully saturated rings. The van der Waals surface area contributed by atoms with Crippen molar-refractivity contribution in [3.8, 4) is 0 Å². The lowest BCUT2D eigenvalue weighted by Gasteiger charge is -2.39. The second-order valence-corrected chi connectivity index (χ2v) is 15.4. The van der Waals surface area contributed by atoms with Gasteiger partial charge in [-0.05, 0) is 67.8 Å². The van der Waals surface area contributed by atoms with E-state index in [0.717, 1.165) is 25.0 Å². The quantitative estimate of drug-likeness (QED) is 0.109. The molecule has 184 valence electrons. The third-order valence-corrected chi connectivity index (χ3v) is 11.1. The van der Waals surface area contributed by atoms with Crippen molar-refractivity contribution in [2.75, 3.05) is 0 Å². The Bertz CT molecular complexity index is 784. The van der Waals surface area contributed by atoms with E-state index in [4.69, 9.17) is 13.9 Å². The summed E-state index contributed by atoms with van der Waals surface area (Å²) in [5.41, 5.74) is 2.56. The third-order valence-electron chi connectivity index (χ3n) is 6.77. The fourth-order valence-corrected chi connectivity index (χ4v) is 5.05. The molecular weight excluding hydrogens is 428 g/mol. The van der Waals surface area contributed by atoms with E-state index in [1.807, 2.05) is 24.3 Å². The highest BCUT2D eigenvalue weighted by atomic mass is 28.4. The highest BCUT2D eigenvalue weighted by Crippen LogP contribution is 2.40. The van der Waals surface area contributed by atoms with Crippen LogP contribution in [0.4, 0.5) is 0 Å². The number of hydrogen-bond donors (Lipinski definition) is 0. The number of carbonyl (C=O) groups is 1. The summed E-state index contributed by atoms with van der Waals surface area (Å²) in [4.78, 5) is 12.0. The molecule has 0 bridgehead atoms. The molecule has 4 nitrogen and oxygen atoms in total. The van der Waals surface area contributed by atoms with Crippen LogP contribution in [0.5, 0.6) is 0 Å². The maximum atomic E-state index is 12.0. The number of rotatable bonds is 11. The van der Waals surface area contributed by atoms with Crippen LogP contribution in [0.3, 0.4) is 0 Å². The summed E-state index contributed by atoms with van der Waals surface area (Å²) in [6.07, 6.45) is 8.69. The Hall–Kier alpha value is -1.85. The lowest BCUT2D eigenvalue weighted by atomic mass is 9.93. The van der Waals surface area contributed by atoms with Gasteiger partial charge in [0.15, 0.2) is 0 Å². The Morgan fingerprint density at radius 3 is 2.30 bits per heavy atom. The van der Waals surface area contributed by atoms with Crippen molar-refractivity contribution in [3.63, 3.8) is 0 Å². The first-order valence-corrected chi connectivity index (χ1v) is 15.3. The average Bonchev–Trinajstić information content (AvgIpc) is 2.73. The molecule has 0 amide bonds. The molecule has 0 radical (unpaired) electrons. The van der Waals surface area contributed by atoms with E-state index in [1.54, 1.807) is 0 Å². The van der Waals surface area contributed by atoms with Gasteiger partial charge in [0.05, 0.1) is 18.3 Å². The lowest BCUT2D eigenvalue weighted by Crippen LogP contribution is -2.41. The Kier molecular flexibility index (Phi) is 10.4. The average molecular weight is 473 g/mol. The molecule has 2 rings (SSSR count). The number of allylic oxidation sites excluding steroid dienone is 1. The minimum absolute atomic E-state index is 0.0873. The van der Waals surface area contributed by atoms with Gasteiger partial charge in [0.25, 0.3) is 0 Å². The molecule has 2 atom stereocenters. The molecule has 0 aromatic heterocycles. The van der Waals surface area contributed by atoms with Crippen molar-refractivity contribution < 1.29 is 18.7 Å². The van der Waals surface area contributed by atoms with Crippen molar-refractivity contribution in [2.45, 2.75) is 110 Å². The SMILES string of the molecule is C=CC[C@@H](Cc1ccccc1)OC(CC(O[Si](C)(C)C(C)(C)C)=C1CCCCC1)OC(C)=O. The van der Waals surface area contributed by atoms with Crippen LogP contribution in [0.2, 0.25) is 18.1 Å². The minimum Gasteiger partial charge on any atom is -0.546 e. The van der Waals surface area contributed by atoms with Crippen molar-refractivity contribution in [2.24, 2.45) is 0 Å². The molecule has 0 saturated heterocycles. The van der Waals surface area contributed by atoms with Gasteiger partial charge in [-0.15, -0.1) is 6.58 Å². The van der Waals surface area contributed by atoms with Gasteiger partial charge >= 0.3 is 5.97 Å². The molecule has 33 heavy (non-hydrogen) atoms. The Morgan fingerprint density at radius 2 is 1.76 bits per heavy atom. The number of ether oxygens (including phenoxy) is 2. The highest BCUT2D eigenvalue weighted by molar-refractivity contribution is 6.74. The van der Waals surface area contributed by atoms with Crippen LogP contribution < -0.4 is 0 Å². The first-order chi connectivity index (χ1) is 15.5. The summed E-state index contributed by atoms with van der Waals surface area (Å²) in [7, 11) is -2.04. The number of carbonyl (C=O) groups excluding carboxylic acids is 1. The van der Waals surface area contributed by atoms with E-state index in [9.17, 15) is 4.79 Å². The van der Waals surface area contributed by atoms with Gasteiger partial charge in [-0.2, -0.15) is 0 Å². The topological polar surface area (TPSA) is 44.8 Å². The molecule has 1 aliphatic rings. The van der Waals surface area contributed by atoms with Gasteiger partial charge < -0.3 is 13.9 Å². The molecule has 0 heterocycles. The molecule has 1 saturated carbocycles. The van der Waals surface area contributed by atoms with Gasteiger partial charge in [0.2, 0.25) is 14.6 Å². The normalized spacial score (nSPS) is 16.6. The summed E-state index contributed by atoms with van der Waals surface area (Å²) in [5, 5.41) is 0.0873. The van der Waals surface area contributed by atoms with Crippen molar-refractivity contribution in [1.82, 2.24) is 0 Å². The predicted molar refractivity (Wildman–Crippen MR) is 138 cm³/mol. The van der Waals surface area contributed by atoms with Gasteiger partial charge in [-0.3, -0.25) is 4.79 Å². The second-order valence-electron chi connectivity index (χ2n) is 10.7. The highest BCUT2D eigenvalue weighted by Gasteiger charge is 2.40. The maximum Gasteiger partial charge on any atom is 0.304 e. The summed E-state index contributed by atoms with van der Waals surface area (Å²) >= 11 is 0. The molecule has 1 aromatic rings. The van der Waals surface area contributed by atoms with Crippen LogP contribution in [0.25, 0.3) is 0 Å². The Balaban J connectivity index is 2.28. The number of benzene rings is 1. The van der Waals surface area contributed by atoms with Crippen molar-refractivity contribution in [3.05, 3.63) is 59.9 Å². The van der Waals surface area contributed by atoms with Crippen LogP contribution in [0, 0.1) is 0 Å². The van der Waals surface area contributed by atoms with Crippen LogP contribution in [0.1, 0.15) is 78.2 Å². The predicted octanol–water partition coefficient (Wildman–Crippen LogP) is 7.71. The van der Waals surface area contributed by atoms with Crippen molar-refractivity contribution >= 4 is 14.3 Å². The van der Waals surface area contributed by atoms with Crippen molar-refractivity contribution in [1.29, 1.82) is 0 Å². The number of esters is 1.